The van der Waals surface area contributed by atoms with Crippen LogP contribution in [0.5, 0.6) is 0 Å². The van der Waals surface area contributed by atoms with Crippen molar-refractivity contribution in [1.82, 2.24) is 0 Å². The molecule has 3 heteroatoms. The molecule has 2 N–H and O–H groups in total. The lowest BCUT2D eigenvalue weighted by Crippen LogP contribution is -2.14. The topological polar surface area (TPSA) is 39.2 Å². The van der Waals surface area contributed by atoms with Crippen LogP contribution in [0.4, 0.5) is 0 Å². The smallest absolute Gasteiger partial charge is 0.169 e. The molecule has 2 unspecified atom stereocenters. The molecule has 1 aromatic heterocycles. The Balaban J connectivity index is 2.11. The van der Waals surface area contributed by atoms with Crippen molar-refractivity contribution in [2.24, 2.45) is 17.1 Å². The SMILES string of the molecule is CC1(C)CC1C(N)c1ccc(Br)o1. The molecule has 0 spiro atoms. The first-order chi connectivity index (χ1) is 6.00. The second-order valence-corrected chi connectivity index (χ2v) is 5.25. The third-order valence-corrected chi connectivity index (χ3v) is 3.37. The summed E-state index contributed by atoms with van der Waals surface area (Å²) in [5, 5.41) is 0. The zero-order chi connectivity index (χ0) is 9.64. The number of hydrogen-bond donors (Lipinski definition) is 1. The molecule has 1 aliphatic carbocycles. The van der Waals surface area contributed by atoms with Gasteiger partial charge in [-0.1, -0.05) is 13.8 Å². The summed E-state index contributed by atoms with van der Waals surface area (Å²) in [5.41, 5.74) is 6.48. The Morgan fingerprint density at radius 3 is 2.62 bits per heavy atom. The van der Waals surface area contributed by atoms with Crippen LogP contribution in [0.1, 0.15) is 32.1 Å². The van der Waals surface area contributed by atoms with E-state index in [-0.39, 0.29) is 6.04 Å². The first kappa shape index (κ1) is 9.28. The van der Waals surface area contributed by atoms with Gasteiger partial charge in [-0.05, 0) is 45.8 Å². The Morgan fingerprint density at radius 2 is 2.23 bits per heavy atom. The van der Waals surface area contributed by atoms with Gasteiger partial charge in [0.2, 0.25) is 0 Å². The van der Waals surface area contributed by atoms with Gasteiger partial charge in [-0.15, -0.1) is 0 Å². The quantitative estimate of drug-likeness (QED) is 0.868. The molecule has 0 aromatic carbocycles. The van der Waals surface area contributed by atoms with Crippen molar-refractivity contribution in [3.63, 3.8) is 0 Å². The molecule has 72 valence electrons. The van der Waals surface area contributed by atoms with Crippen LogP contribution >= 0.6 is 15.9 Å². The highest BCUT2D eigenvalue weighted by atomic mass is 79.9. The maximum Gasteiger partial charge on any atom is 0.169 e. The second-order valence-electron chi connectivity index (χ2n) is 4.47. The van der Waals surface area contributed by atoms with Gasteiger partial charge < -0.3 is 10.2 Å². The summed E-state index contributed by atoms with van der Waals surface area (Å²) >= 11 is 3.28. The maximum absolute atomic E-state index is 6.07. The number of hydrogen-bond acceptors (Lipinski definition) is 2. The van der Waals surface area contributed by atoms with Crippen molar-refractivity contribution in [2.45, 2.75) is 26.3 Å². The molecule has 0 aliphatic heterocycles. The van der Waals surface area contributed by atoms with Crippen molar-refractivity contribution >= 4 is 15.9 Å². The van der Waals surface area contributed by atoms with Gasteiger partial charge in [-0.3, -0.25) is 0 Å². The zero-order valence-electron chi connectivity index (χ0n) is 7.88. The molecular formula is C10H14BrNO. The van der Waals surface area contributed by atoms with Crippen LogP contribution in [0.3, 0.4) is 0 Å². The molecule has 2 nitrogen and oxygen atoms in total. The number of rotatable bonds is 2. The van der Waals surface area contributed by atoms with E-state index in [0.29, 0.717) is 11.3 Å². The predicted molar refractivity (Wildman–Crippen MR) is 55.2 cm³/mol. The van der Waals surface area contributed by atoms with Gasteiger partial charge >= 0.3 is 0 Å². The van der Waals surface area contributed by atoms with Crippen molar-refractivity contribution < 1.29 is 4.42 Å². The lowest BCUT2D eigenvalue weighted by molar-refractivity contribution is 0.396. The van der Waals surface area contributed by atoms with E-state index in [1.165, 1.54) is 6.42 Å². The molecule has 1 fully saturated rings. The fourth-order valence-corrected chi connectivity index (χ4v) is 2.15. The Kier molecular flexibility index (Phi) is 2.04. The van der Waals surface area contributed by atoms with Crippen molar-refractivity contribution in [3.05, 3.63) is 22.6 Å². The highest BCUT2D eigenvalue weighted by molar-refractivity contribution is 9.10. The van der Waals surface area contributed by atoms with Crippen LogP contribution in [0, 0.1) is 11.3 Å². The van der Waals surface area contributed by atoms with Crippen LogP contribution in [-0.2, 0) is 0 Å². The van der Waals surface area contributed by atoms with Crippen molar-refractivity contribution in [2.75, 3.05) is 0 Å². The van der Waals surface area contributed by atoms with E-state index in [2.05, 4.69) is 29.8 Å². The van der Waals surface area contributed by atoms with Gasteiger partial charge in [0.25, 0.3) is 0 Å². The van der Waals surface area contributed by atoms with Crippen LogP contribution in [0.25, 0.3) is 0 Å². The maximum atomic E-state index is 6.07. The van der Waals surface area contributed by atoms with Crippen LogP contribution in [-0.4, -0.2) is 0 Å². The molecule has 1 heterocycles. The molecule has 2 rings (SSSR count). The van der Waals surface area contributed by atoms with Gasteiger partial charge in [0.05, 0.1) is 6.04 Å². The van der Waals surface area contributed by atoms with Crippen molar-refractivity contribution in [1.29, 1.82) is 0 Å². The van der Waals surface area contributed by atoms with E-state index in [0.717, 1.165) is 10.4 Å². The summed E-state index contributed by atoms with van der Waals surface area (Å²) in [6.45, 7) is 4.49. The fourth-order valence-electron chi connectivity index (χ4n) is 1.83. The summed E-state index contributed by atoms with van der Waals surface area (Å²) in [6, 6.07) is 3.90. The summed E-state index contributed by atoms with van der Waals surface area (Å²) in [4.78, 5) is 0. The minimum atomic E-state index is 0.0568. The molecular weight excluding hydrogens is 230 g/mol. The largest absolute Gasteiger partial charge is 0.453 e. The lowest BCUT2D eigenvalue weighted by Gasteiger charge is -2.09. The molecule has 1 aliphatic rings. The van der Waals surface area contributed by atoms with Gasteiger partial charge in [0.1, 0.15) is 5.76 Å². The first-order valence-corrected chi connectivity index (χ1v) is 5.31. The van der Waals surface area contributed by atoms with E-state index in [1.54, 1.807) is 0 Å². The van der Waals surface area contributed by atoms with E-state index in [9.17, 15) is 0 Å². The molecule has 13 heavy (non-hydrogen) atoms. The molecule has 0 saturated heterocycles. The number of halogens is 1. The Labute approximate surface area is 86.6 Å². The fraction of sp³-hybridized carbons (Fsp3) is 0.600. The van der Waals surface area contributed by atoms with E-state index in [1.807, 2.05) is 12.1 Å². The Bertz CT molecular complexity index is 318. The summed E-state index contributed by atoms with van der Waals surface area (Å²) in [5.74, 6) is 1.47. The van der Waals surface area contributed by atoms with Gasteiger partial charge in [-0.25, -0.2) is 0 Å². The Hall–Kier alpha value is -0.280. The average Bonchev–Trinajstić information content (AvgIpc) is 2.47. The predicted octanol–water partition coefficient (Wildman–Crippen LogP) is 3.09. The minimum Gasteiger partial charge on any atom is -0.453 e. The summed E-state index contributed by atoms with van der Waals surface area (Å²) in [7, 11) is 0. The highest BCUT2D eigenvalue weighted by Crippen LogP contribution is 2.57. The third-order valence-electron chi connectivity index (χ3n) is 2.95. The third kappa shape index (κ3) is 1.67. The second kappa shape index (κ2) is 2.85. The average molecular weight is 244 g/mol. The first-order valence-electron chi connectivity index (χ1n) is 4.51. The summed E-state index contributed by atoms with van der Waals surface area (Å²) < 4.78 is 6.19. The van der Waals surface area contributed by atoms with Crippen LogP contribution < -0.4 is 5.73 Å². The van der Waals surface area contributed by atoms with E-state index >= 15 is 0 Å². The Morgan fingerprint density at radius 1 is 1.62 bits per heavy atom. The number of furan rings is 1. The summed E-state index contributed by atoms with van der Waals surface area (Å²) in [6.07, 6.45) is 1.20. The van der Waals surface area contributed by atoms with E-state index in [4.69, 9.17) is 10.2 Å². The zero-order valence-corrected chi connectivity index (χ0v) is 9.47. The normalized spacial score (nSPS) is 27.2. The highest BCUT2D eigenvalue weighted by Gasteiger charge is 2.50. The molecule has 1 aromatic rings. The molecule has 0 radical (unpaired) electrons. The lowest BCUT2D eigenvalue weighted by atomic mass is 10.0. The molecule has 0 bridgehead atoms. The van der Waals surface area contributed by atoms with Crippen LogP contribution in [0.15, 0.2) is 21.2 Å². The minimum absolute atomic E-state index is 0.0568. The van der Waals surface area contributed by atoms with Crippen LogP contribution in [0.2, 0.25) is 0 Å². The van der Waals surface area contributed by atoms with E-state index < -0.39 is 0 Å². The van der Waals surface area contributed by atoms with Gasteiger partial charge in [0.15, 0.2) is 4.67 Å². The molecule has 1 saturated carbocycles. The van der Waals surface area contributed by atoms with Gasteiger partial charge in [-0.2, -0.15) is 0 Å². The molecule has 2 atom stereocenters. The number of nitrogens with two attached hydrogens (primary N) is 1. The monoisotopic (exact) mass is 243 g/mol. The van der Waals surface area contributed by atoms with Crippen molar-refractivity contribution in [3.8, 4) is 0 Å². The standard InChI is InChI=1S/C10H14BrNO/c1-10(2)5-6(10)9(12)7-3-4-8(11)13-7/h3-4,6,9H,5,12H2,1-2H3. The molecule has 0 amide bonds. The van der Waals surface area contributed by atoms with Gasteiger partial charge in [0, 0.05) is 0 Å².